The lowest BCUT2D eigenvalue weighted by molar-refractivity contribution is 0.0377. The number of nitrogens with two attached hydrogens (primary N) is 1. The highest BCUT2D eigenvalue weighted by Crippen LogP contribution is 1.98. The van der Waals surface area contributed by atoms with Crippen LogP contribution in [0.25, 0.3) is 0 Å². The molecule has 6 nitrogen and oxygen atoms in total. The summed E-state index contributed by atoms with van der Waals surface area (Å²) in [6.07, 6.45) is 2.14. The van der Waals surface area contributed by atoms with Gasteiger partial charge in [-0.25, -0.2) is 0 Å². The summed E-state index contributed by atoms with van der Waals surface area (Å²) in [5.74, 6) is 1.21. The maximum absolute atomic E-state index is 5.81. The Morgan fingerprint density at radius 1 is 1.32 bits per heavy atom. The number of ether oxygens (including phenoxy) is 2. The fraction of sp³-hybridized carbons (Fsp3) is 0.933. The number of hydrogen-bond acceptors (Lipinski definition) is 4. The van der Waals surface area contributed by atoms with Crippen LogP contribution in [0.15, 0.2) is 4.99 Å². The molecule has 1 rings (SSSR count). The summed E-state index contributed by atoms with van der Waals surface area (Å²) in [5.41, 5.74) is 5.81. The second-order valence-electron chi connectivity index (χ2n) is 5.80. The monoisotopic (exact) mass is 428 g/mol. The van der Waals surface area contributed by atoms with Crippen molar-refractivity contribution in [2.45, 2.75) is 26.7 Å². The Morgan fingerprint density at radius 3 is 2.73 bits per heavy atom. The molecular weight excluding hydrogens is 395 g/mol. The third kappa shape index (κ3) is 12.4. The van der Waals surface area contributed by atoms with E-state index in [1.807, 2.05) is 0 Å². The van der Waals surface area contributed by atoms with Crippen LogP contribution in [0.1, 0.15) is 26.7 Å². The van der Waals surface area contributed by atoms with Crippen molar-refractivity contribution in [1.82, 2.24) is 10.2 Å². The predicted octanol–water partition coefficient (Wildman–Crippen LogP) is 1.29. The highest BCUT2D eigenvalue weighted by molar-refractivity contribution is 14.0. The minimum Gasteiger partial charge on any atom is -0.380 e. The van der Waals surface area contributed by atoms with Crippen molar-refractivity contribution in [3.05, 3.63) is 0 Å². The number of hydrogen-bond donors (Lipinski definition) is 2. The number of halogens is 1. The Morgan fingerprint density at radius 2 is 2.05 bits per heavy atom. The van der Waals surface area contributed by atoms with Gasteiger partial charge >= 0.3 is 0 Å². The van der Waals surface area contributed by atoms with Crippen LogP contribution in [0, 0.1) is 5.92 Å². The summed E-state index contributed by atoms with van der Waals surface area (Å²) in [4.78, 5) is 6.73. The van der Waals surface area contributed by atoms with Crippen molar-refractivity contribution in [3.8, 4) is 0 Å². The molecule has 1 saturated heterocycles. The van der Waals surface area contributed by atoms with Gasteiger partial charge in [-0.2, -0.15) is 0 Å². The van der Waals surface area contributed by atoms with Crippen LogP contribution in [-0.4, -0.2) is 70.0 Å². The van der Waals surface area contributed by atoms with Crippen molar-refractivity contribution >= 4 is 29.9 Å². The first-order valence-corrected chi connectivity index (χ1v) is 8.10. The molecule has 7 heteroatoms. The van der Waals surface area contributed by atoms with E-state index in [1.165, 1.54) is 0 Å². The van der Waals surface area contributed by atoms with Gasteiger partial charge in [0.15, 0.2) is 5.96 Å². The average molecular weight is 428 g/mol. The van der Waals surface area contributed by atoms with E-state index in [-0.39, 0.29) is 24.0 Å². The Hall–Kier alpha value is -0.120. The van der Waals surface area contributed by atoms with E-state index in [0.717, 1.165) is 65.4 Å². The highest BCUT2D eigenvalue weighted by Gasteiger charge is 2.08. The third-order valence-corrected chi connectivity index (χ3v) is 3.41. The summed E-state index contributed by atoms with van der Waals surface area (Å²) in [6, 6.07) is 0. The molecule has 0 saturated carbocycles. The van der Waals surface area contributed by atoms with Crippen LogP contribution in [0.4, 0.5) is 0 Å². The maximum Gasteiger partial charge on any atom is 0.188 e. The molecule has 1 aliphatic heterocycles. The van der Waals surface area contributed by atoms with Gasteiger partial charge in [-0.3, -0.25) is 9.89 Å². The van der Waals surface area contributed by atoms with Gasteiger partial charge in [0.2, 0.25) is 0 Å². The van der Waals surface area contributed by atoms with Crippen LogP contribution >= 0.6 is 24.0 Å². The van der Waals surface area contributed by atoms with Crippen molar-refractivity contribution in [1.29, 1.82) is 0 Å². The zero-order valence-electron chi connectivity index (χ0n) is 14.1. The zero-order valence-corrected chi connectivity index (χ0v) is 16.4. The van der Waals surface area contributed by atoms with Gasteiger partial charge in [0.05, 0.1) is 19.8 Å². The first kappa shape index (κ1) is 21.9. The number of guanidine groups is 1. The largest absolute Gasteiger partial charge is 0.380 e. The topological polar surface area (TPSA) is 72.1 Å². The first-order chi connectivity index (χ1) is 10.2. The molecule has 0 aromatic rings. The normalized spacial score (nSPS) is 16.6. The second-order valence-corrected chi connectivity index (χ2v) is 5.80. The lowest BCUT2D eigenvalue weighted by Crippen LogP contribution is -2.37. The van der Waals surface area contributed by atoms with Crippen molar-refractivity contribution < 1.29 is 9.47 Å². The Bertz CT molecular complexity index is 285. The first-order valence-electron chi connectivity index (χ1n) is 8.10. The van der Waals surface area contributed by atoms with Gasteiger partial charge in [0.1, 0.15) is 0 Å². The Labute approximate surface area is 152 Å². The molecule has 0 unspecified atom stereocenters. The molecule has 0 amide bonds. The molecule has 132 valence electrons. The van der Waals surface area contributed by atoms with E-state index in [2.05, 4.69) is 29.1 Å². The lowest BCUT2D eigenvalue weighted by atomic mass is 10.1. The minimum absolute atomic E-state index is 0. The summed E-state index contributed by atoms with van der Waals surface area (Å²) >= 11 is 0. The second kappa shape index (κ2) is 14.5. The number of aliphatic imine (C=N–C) groups is 1. The van der Waals surface area contributed by atoms with Gasteiger partial charge in [0, 0.05) is 39.3 Å². The van der Waals surface area contributed by atoms with Crippen molar-refractivity contribution in [2.75, 3.05) is 59.2 Å². The van der Waals surface area contributed by atoms with E-state index in [4.69, 9.17) is 15.2 Å². The molecule has 0 aromatic heterocycles. The minimum atomic E-state index is 0. The summed E-state index contributed by atoms with van der Waals surface area (Å²) in [6.45, 7) is 12.2. The number of nitrogens with one attached hydrogen (secondary N) is 1. The molecule has 0 bridgehead atoms. The molecule has 0 radical (unpaired) electrons. The zero-order chi connectivity index (χ0) is 15.3. The van der Waals surface area contributed by atoms with Crippen molar-refractivity contribution in [3.63, 3.8) is 0 Å². The fourth-order valence-corrected chi connectivity index (χ4v) is 2.05. The lowest BCUT2D eigenvalue weighted by Gasteiger charge is -2.26. The Balaban J connectivity index is 0.00000441. The predicted molar refractivity (Wildman–Crippen MR) is 102 cm³/mol. The van der Waals surface area contributed by atoms with Gasteiger partial charge < -0.3 is 20.5 Å². The molecule has 1 heterocycles. The fourth-order valence-electron chi connectivity index (χ4n) is 2.05. The average Bonchev–Trinajstić information content (AvgIpc) is 2.48. The number of rotatable bonds is 10. The Kier molecular flexibility index (Phi) is 14.4. The summed E-state index contributed by atoms with van der Waals surface area (Å²) in [5, 5.41) is 3.08. The van der Waals surface area contributed by atoms with E-state index < -0.39 is 0 Å². The van der Waals surface area contributed by atoms with Crippen LogP contribution in [0.3, 0.4) is 0 Å². The van der Waals surface area contributed by atoms with Crippen LogP contribution in [-0.2, 0) is 9.47 Å². The van der Waals surface area contributed by atoms with E-state index >= 15 is 0 Å². The quantitative estimate of drug-likeness (QED) is 0.238. The number of morpholine rings is 1. The molecule has 1 aliphatic rings. The summed E-state index contributed by atoms with van der Waals surface area (Å²) < 4.78 is 10.8. The number of nitrogens with zero attached hydrogens (tertiary/aromatic N) is 2. The molecule has 3 N–H and O–H groups in total. The maximum atomic E-state index is 5.81. The molecule has 22 heavy (non-hydrogen) atoms. The SMILES string of the molecule is CC(C)CCOCCNC(N)=NCCCN1CCOCC1.I. The van der Waals surface area contributed by atoms with E-state index in [0.29, 0.717) is 18.5 Å². The van der Waals surface area contributed by atoms with Gasteiger partial charge in [-0.05, 0) is 18.8 Å². The van der Waals surface area contributed by atoms with E-state index in [9.17, 15) is 0 Å². The smallest absolute Gasteiger partial charge is 0.188 e. The molecule has 0 aromatic carbocycles. The molecular formula is C15H33IN4O2. The highest BCUT2D eigenvalue weighted by atomic mass is 127. The van der Waals surface area contributed by atoms with Gasteiger partial charge in [-0.1, -0.05) is 13.8 Å². The van der Waals surface area contributed by atoms with Crippen LogP contribution in [0.2, 0.25) is 0 Å². The standard InChI is InChI=1S/C15H32N4O2.HI/c1-14(2)4-10-20-11-6-18-15(16)17-5-3-7-19-8-12-21-13-9-19;/h14H,3-13H2,1-2H3,(H3,16,17,18);1H. The molecule has 0 aliphatic carbocycles. The summed E-state index contributed by atoms with van der Waals surface area (Å²) in [7, 11) is 0. The van der Waals surface area contributed by atoms with Gasteiger partial charge in [-0.15, -0.1) is 24.0 Å². The third-order valence-electron chi connectivity index (χ3n) is 3.41. The van der Waals surface area contributed by atoms with Crippen LogP contribution < -0.4 is 11.1 Å². The van der Waals surface area contributed by atoms with Crippen molar-refractivity contribution in [2.24, 2.45) is 16.6 Å². The van der Waals surface area contributed by atoms with Gasteiger partial charge in [0.25, 0.3) is 0 Å². The molecule has 1 fully saturated rings. The van der Waals surface area contributed by atoms with Crippen LogP contribution in [0.5, 0.6) is 0 Å². The molecule has 0 atom stereocenters. The molecule has 0 spiro atoms. The van der Waals surface area contributed by atoms with E-state index in [1.54, 1.807) is 0 Å².